The van der Waals surface area contributed by atoms with Crippen LogP contribution in [-0.2, 0) is 0 Å². The normalized spacial score (nSPS) is 18.3. The molecule has 4 atom stereocenters. The Hall–Kier alpha value is 0. The molecule has 0 spiro atoms. The lowest BCUT2D eigenvalue weighted by Crippen LogP contribution is -2.27. The third kappa shape index (κ3) is 9.59. The van der Waals surface area contributed by atoms with E-state index in [-0.39, 0.29) is 0 Å². The van der Waals surface area contributed by atoms with Gasteiger partial charge in [0.2, 0.25) is 0 Å². The molecule has 21 heavy (non-hydrogen) atoms. The van der Waals surface area contributed by atoms with Crippen LogP contribution in [-0.4, -0.2) is 0 Å². The number of hydrogen-bond donors (Lipinski definition) is 0. The van der Waals surface area contributed by atoms with Gasteiger partial charge in [-0.3, -0.25) is 0 Å². The molecule has 0 aliphatic rings. The Balaban J connectivity index is 4.06. The highest BCUT2D eigenvalue weighted by molar-refractivity contribution is 4.78. The molecule has 0 heteroatoms. The van der Waals surface area contributed by atoms with Gasteiger partial charge in [-0.2, -0.15) is 0 Å². The maximum atomic E-state index is 2.47. The molecule has 0 saturated carbocycles. The van der Waals surface area contributed by atoms with Crippen molar-refractivity contribution >= 4 is 0 Å². The zero-order chi connectivity index (χ0) is 16.5. The summed E-state index contributed by atoms with van der Waals surface area (Å²) in [6.45, 7) is 19.3. The van der Waals surface area contributed by atoms with Gasteiger partial charge in [0.05, 0.1) is 0 Å². The third-order valence-corrected chi connectivity index (χ3v) is 5.59. The molecule has 0 bridgehead atoms. The Morgan fingerprint density at radius 1 is 0.714 bits per heavy atom. The fraction of sp³-hybridized carbons (Fsp3) is 1.00. The molecule has 0 radical (unpaired) electrons. The highest BCUT2D eigenvalue weighted by Crippen LogP contribution is 2.38. The van der Waals surface area contributed by atoms with Crippen LogP contribution in [0.5, 0.6) is 0 Å². The molecule has 0 aromatic heterocycles. The first kappa shape index (κ1) is 21.0. The summed E-state index contributed by atoms with van der Waals surface area (Å²) < 4.78 is 0. The summed E-state index contributed by atoms with van der Waals surface area (Å²) in [7, 11) is 0. The van der Waals surface area contributed by atoms with E-state index >= 15 is 0 Å². The fourth-order valence-corrected chi connectivity index (χ4v) is 3.92. The summed E-state index contributed by atoms with van der Waals surface area (Å²) >= 11 is 0. The first-order valence-electron chi connectivity index (χ1n) is 9.72. The lowest BCUT2D eigenvalue weighted by molar-refractivity contribution is 0.142. The topological polar surface area (TPSA) is 0 Å². The summed E-state index contributed by atoms with van der Waals surface area (Å²) in [6.07, 6.45) is 11.2. The van der Waals surface area contributed by atoms with E-state index in [0.717, 1.165) is 23.7 Å². The standard InChI is InChI=1S/C21H44/c1-9-12-17(3)13-11-14-18(4)15-16-20(19(5)10-2)21(6,7)8/h17-20H,9-16H2,1-8H3. The molecule has 0 rings (SSSR count). The van der Waals surface area contributed by atoms with E-state index < -0.39 is 0 Å². The van der Waals surface area contributed by atoms with Gasteiger partial charge in [-0.05, 0) is 35.5 Å². The zero-order valence-electron chi connectivity index (χ0n) is 16.5. The van der Waals surface area contributed by atoms with E-state index in [9.17, 15) is 0 Å². The summed E-state index contributed by atoms with van der Waals surface area (Å²) in [4.78, 5) is 0. The molecular formula is C21H44. The minimum atomic E-state index is 0.463. The van der Waals surface area contributed by atoms with E-state index in [2.05, 4.69) is 55.4 Å². The first-order valence-corrected chi connectivity index (χ1v) is 9.72. The maximum absolute atomic E-state index is 2.47. The molecule has 4 unspecified atom stereocenters. The molecule has 0 saturated heterocycles. The predicted molar refractivity (Wildman–Crippen MR) is 98.7 cm³/mol. The fourth-order valence-electron chi connectivity index (χ4n) is 3.92. The minimum Gasteiger partial charge on any atom is -0.0654 e. The highest BCUT2D eigenvalue weighted by Gasteiger charge is 2.28. The second kappa shape index (κ2) is 10.7. The van der Waals surface area contributed by atoms with Gasteiger partial charge in [0.25, 0.3) is 0 Å². The van der Waals surface area contributed by atoms with Gasteiger partial charge in [-0.1, -0.05) is 100 Å². The Bertz CT molecular complexity index is 235. The van der Waals surface area contributed by atoms with Gasteiger partial charge in [0.15, 0.2) is 0 Å². The first-order chi connectivity index (χ1) is 9.72. The largest absolute Gasteiger partial charge is 0.0654 e. The summed E-state index contributed by atoms with van der Waals surface area (Å²) in [5.74, 6) is 3.59. The van der Waals surface area contributed by atoms with Crippen molar-refractivity contribution in [2.75, 3.05) is 0 Å². The summed E-state index contributed by atoms with van der Waals surface area (Å²) in [6, 6.07) is 0. The number of hydrogen-bond acceptors (Lipinski definition) is 0. The van der Waals surface area contributed by atoms with Gasteiger partial charge in [-0.15, -0.1) is 0 Å². The van der Waals surface area contributed by atoms with Gasteiger partial charge in [-0.25, -0.2) is 0 Å². The summed E-state index contributed by atoms with van der Waals surface area (Å²) in [5, 5.41) is 0. The van der Waals surface area contributed by atoms with Crippen LogP contribution in [0.1, 0.15) is 107 Å². The van der Waals surface area contributed by atoms with Gasteiger partial charge in [0, 0.05) is 0 Å². The van der Waals surface area contributed by atoms with Gasteiger partial charge >= 0.3 is 0 Å². The van der Waals surface area contributed by atoms with Crippen molar-refractivity contribution < 1.29 is 0 Å². The van der Waals surface area contributed by atoms with Crippen LogP contribution < -0.4 is 0 Å². The van der Waals surface area contributed by atoms with Gasteiger partial charge < -0.3 is 0 Å². The lowest BCUT2D eigenvalue weighted by Gasteiger charge is -2.36. The van der Waals surface area contributed by atoms with Crippen molar-refractivity contribution in [3.05, 3.63) is 0 Å². The molecule has 0 aliphatic heterocycles. The van der Waals surface area contributed by atoms with E-state index in [1.165, 1.54) is 51.4 Å². The average Bonchev–Trinajstić information content (AvgIpc) is 2.37. The van der Waals surface area contributed by atoms with Crippen LogP contribution in [0.2, 0.25) is 0 Å². The van der Waals surface area contributed by atoms with Gasteiger partial charge in [0.1, 0.15) is 0 Å². The monoisotopic (exact) mass is 296 g/mol. The minimum absolute atomic E-state index is 0.463. The third-order valence-electron chi connectivity index (χ3n) is 5.59. The van der Waals surface area contributed by atoms with Crippen molar-refractivity contribution in [2.45, 2.75) is 107 Å². The van der Waals surface area contributed by atoms with E-state index in [0.29, 0.717) is 5.41 Å². The Morgan fingerprint density at radius 2 is 1.24 bits per heavy atom. The van der Waals surface area contributed by atoms with Crippen LogP contribution in [0.25, 0.3) is 0 Å². The van der Waals surface area contributed by atoms with Crippen molar-refractivity contribution in [1.82, 2.24) is 0 Å². The predicted octanol–water partition coefficient (Wildman–Crippen LogP) is 7.72. The zero-order valence-corrected chi connectivity index (χ0v) is 16.5. The second-order valence-corrected chi connectivity index (χ2v) is 8.87. The highest BCUT2D eigenvalue weighted by atomic mass is 14.3. The van der Waals surface area contributed by atoms with Crippen molar-refractivity contribution in [1.29, 1.82) is 0 Å². The van der Waals surface area contributed by atoms with E-state index in [4.69, 9.17) is 0 Å². The van der Waals surface area contributed by atoms with E-state index in [1.807, 2.05) is 0 Å². The Labute approximate surface area is 136 Å². The molecule has 0 aromatic rings. The number of rotatable bonds is 11. The van der Waals surface area contributed by atoms with E-state index in [1.54, 1.807) is 0 Å². The molecule has 0 aromatic carbocycles. The summed E-state index contributed by atoms with van der Waals surface area (Å²) in [5.41, 5.74) is 0.463. The molecule has 0 heterocycles. The quantitative estimate of drug-likeness (QED) is 0.366. The molecule has 0 N–H and O–H groups in total. The van der Waals surface area contributed by atoms with Crippen LogP contribution in [0.4, 0.5) is 0 Å². The smallest absolute Gasteiger partial charge is 0.0340 e. The molecule has 0 amide bonds. The van der Waals surface area contributed by atoms with Crippen LogP contribution in [0.15, 0.2) is 0 Å². The van der Waals surface area contributed by atoms with Crippen molar-refractivity contribution in [2.24, 2.45) is 29.1 Å². The molecule has 128 valence electrons. The van der Waals surface area contributed by atoms with Crippen molar-refractivity contribution in [3.63, 3.8) is 0 Å². The van der Waals surface area contributed by atoms with Crippen molar-refractivity contribution in [3.8, 4) is 0 Å². The molecular weight excluding hydrogens is 252 g/mol. The van der Waals surface area contributed by atoms with Crippen LogP contribution >= 0.6 is 0 Å². The molecule has 0 aliphatic carbocycles. The SMILES string of the molecule is CCCC(C)CCCC(C)CCC(C(C)CC)C(C)(C)C. The average molecular weight is 297 g/mol. The van der Waals surface area contributed by atoms with Crippen LogP contribution in [0, 0.1) is 29.1 Å². The molecule has 0 fully saturated rings. The molecule has 0 nitrogen and oxygen atoms in total. The Kier molecular flexibility index (Phi) is 10.7. The van der Waals surface area contributed by atoms with Crippen LogP contribution in [0.3, 0.4) is 0 Å². The second-order valence-electron chi connectivity index (χ2n) is 8.87. The maximum Gasteiger partial charge on any atom is -0.0340 e. The Morgan fingerprint density at radius 3 is 1.67 bits per heavy atom. The lowest BCUT2D eigenvalue weighted by atomic mass is 9.70.